The molecule has 206 valence electrons. The van der Waals surface area contributed by atoms with E-state index in [1.165, 1.54) is 17.7 Å². The highest BCUT2D eigenvalue weighted by Gasteiger charge is 2.23. The SMILES string of the molecule is CCCCc1ccc(-n2nc3ccc(NC(=S)NC(=O)c4cc([N+](=O)[O-])ccc4N4CCOCC4)cc3n2)cc1. The highest BCUT2D eigenvalue weighted by Crippen LogP contribution is 2.26. The van der Waals surface area contributed by atoms with Crippen molar-refractivity contribution in [3.8, 4) is 5.69 Å². The highest BCUT2D eigenvalue weighted by atomic mass is 32.1. The molecule has 0 aliphatic carbocycles. The molecule has 2 heterocycles. The molecule has 0 radical (unpaired) electrons. The smallest absolute Gasteiger partial charge is 0.270 e. The molecule has 1 saturated heterocycles. The van der Waals surface area contributed by atoms with Gasteiger partial charge in [0.05, 0.1) is 35.1 Å². The zero-order valence-electron chi connectivity index (χ0n) is 22.0. The van der Waals surface area contributed by atoms with Gasteiger partial charge in [0, 0.05) is 30.9 Å². The minimum atomic E-state index is -0.544. The number of amides is 1. The van der Waals surface area contributed by atoms with Crippen LogP contribution in [0.25, 0.3) is 16.7 Å². The second kappa shape index (κ2) is 12.2. The molecular formula is C28H29N7O4S. The second-order valence-electron chi connectivity index (χ2n) is 9.43. The van der Waals surface area contributed by atoms with E-state index in [0.29, 0.717) is 48.7 Å². The average molecular weight is 560 g/mol. The lowest BCUT2D eigenvalue weighted by atomic mass is 10.1. The predicted molar refractivity (Wildman–Crippen MR) is 157 cm³/mol. The Labute approximate surface area is 236 Å². The van der Waals surface area contributed by atoms with Gasteiger partial charge in [-0.05, 0) is 67.0 Å². The number of nitrogens with zero attached hydrogens (tertiary/aromatic N) is 5. The number of hydrogen-bond donors (Lipinski definition) is 2. The van der Waals surface area contributed by atoms with E-state index in [9.17, 15) is 14.9 Å². The number of nitro groups is 1. The maximum absolute atomic E-state index is 13.2. The molecule has 0 unspecified atom stereocenters. The van der Waals surface area contributed by atoms with Crippen LogP contribution in [-0.4, -0.2) is 57.2 Å². The van der Waals surface area contributed by atoms with Crippen molar-refractivity contribution in [2.75, 3.05) is 36.5 Å². The van der Waals surface area contributed by atoms with Gasteiger partial charge >= 0.3 is 0 Å². The standard InChI is InChI=1S/C28H29N7O4S/c1-2-3-4-19-5-8-21(9-6-19)34-31-24-11-7-20(17-25(24)32-34)29-28(40)30-27(36)23-18-22(35(37)38)10-12-26(23)33-13-15-39-16-14-33/h5-12,17-18H,2-4,13-16H2,1H3,(H2,29,30,36,40). The Bertz CT molecular complexity index is 1550. The van der Waals surface area contributed by atoms with Crippen molar-refractivity contribution in [3.05, 3.63) is 81.9 Å². The van der Waals surface area contributed by atoms with Gasteiger partial charge in [-0.15, -0.1) is 10.2 Å². The third-order valence-corrected chi connectivity index (χ3v) is 6.84. The zero-order chi connectivity index (χ0) is 28.1. The molecule has 11 nitrogen and oxygen atoms in total. The van der Waals surface area contributed by atoms with Crippen LogP contribution in [0.2, 0.25) is 0 Å². The van der Waals surface area contributed by atoms with Gasteiger partial charge in [0.15, 0.2) is 5.11 Å². The minimum absolute atomic E-state index is 0.0545. The number of nitrogens with one attached hydrogen (secondary N) is 2. The quantitative estimate of drug-likeness (QED) is 0.180. The predicted octanol–water partition coefficient (Wildman–Crippen LogP) is 4.63. The van der Waals surface area contributed by atoms with Gasteiger partial charge in [-0.25, -0.2) is 0 Å². The maximum Gasteiger partial charge on any atom is 0.270 e. The van der Waals surface area contributed by atoms with Gasteiger partial charge in [-0.1, -0.05) is 25.5 Å². The fraction of sp³-hybridized carbons (Fsp3) is 0.286. The number of non-ortho nitro benzene ring substituents is 1. The fourth-order valence-corrected chi connectivity index (χ4v) is 4.73. The summed E-state index contributed by atoms with van der Waals surface area (Å²) in [5.41, 5.74) is 4.71. The number of fused-ring (bicyclic) bond motifs is 1. The van der Waals surface area contributed by atoms with Crippen molar-refractivity contribution >= 4 is 51.3 Å². The fourth-order valence-electron chi connectivity index (χ4n) is 4.52. The molecule has 1 fully saturated rings. The summed E-state index contributed by atoms with van der Waals surface area (Å²) in [7, 11) is 0. The van der Waals surface area contributed by atoms with Crippen molar-refractivity contribution < 1.29 is 14.5 Å². The summed E-state index contributed by atoms with van der Waals surface area (Å²) in [6.45, 7) is 4.34. The van der Waals surface area contributed by atoms with Crippen molar-refractivity contribution in [2.24, 2.45) is 0 Å². The van der Waals surface area contributed by atoms with E-state index >= 15 is 0 Å². The number of anilines is 2. The molecule has 1 aromatic heterocycles. The number of aryl methyl sites for hydroxylation is 1. The van der Waals surface area contributed by atoms with E-state index in [0.717, 1.165) is 24.9 Å². The summed E-state index contributed by atoms with van der Waals surface area (Å²) >= 11 is 5.39. The zero-order valence-corrected chi connectivity index (χ0v) is 22.8. The average Bonchev–Trinajstić information content (AvgIpc) is 3.40. The van der Waals surface area contributed by atoms with Gasteiger partial charge < -0.3 is 15.0 Å². The summed E-state index contributed by atoms with van der Waals surface area (Å²) in [6, 6.07) is 17.9. The number of unbranched alkanes of at least 4 members (excludes halogenated alkanes) is 1. The summed E-state index contributed by atoms with van der Waals surface area (Å²) in [5, 5.41) is 26.2. The lowest BCUT2D eigenvalue weighted by Crippen LogP contribution is -2.39. The highest BCUT2D eigenvalue weighted by molar-refractivity contribution is 7.80. The van der Waals surface area contributed by atoms with E-state index in [4.69, 9.17) is 17.0 Å². The molecule has 0 bridgehead atoms. The topological polar surface area (TPSA) is 127 Å². The van der Waals surface area contributed by atoms with Crippen LogP contribution in [0.3, 0.4) is 0 Å². The van der Waals surface area contributed by atoms with Crippen molar-refractivity contribution in [2.45, 2.75) is 26.2 Å². The number of thiocarbonyl (C=S) groups is 1. The molecule has 5 rings (SSSR count). The van der Waals surface area contributed by atoms with Crippen molar-refractivity contribution in [1.82, 2.24) is 20.3 Å². The molecular weight excluding hydrogens is 530 g/mol. The van der Waals surface area contributed by atoms with Crippen LogP contribution < -0.4 is 15.5 Å². The van der Waals surface area contributed by atoms with Crippen LogP contribution in [-0.2, 0) is 11.2 Å². The third-order valence-electron chi connectivity index (χ3n) is 6.64. The first-order valence-corrected chi connectivity index (χ1v) is 13.5. The Morgan fingerprint density at radius 1 is 1.05 bits per heavy atom. The lowest BCUT2D eigenvalue weighted by Gasteiger charge is -2.30. The normalized spacial score (nSPS) is 13.3. The van der Waals surface area contributed by atoms with E-state index in [-0.39, 0.29) is 16.4 Å². The Balaban J connectivity index is 1.29. The number of morpholine rings is 1. The van der Waals surface area contributed by atoms with Gasteiger partial charge in [0.25, 0.3) is 11.6 Å². The number of benzene rings is 3. The molecule has 1 amide bonds. The number of carbonyl (C=O) groups excluding carboxylic acids is 1. The lowest BCUT2D eigenvalue weighted by molar-refractivity contribution is -0.384. The number of hydrogen-bond acceptors (Lipinski definition) is 8. The van der Waals surface area contributed by atoms with E-state index < -0.39 is 10.8 Å². The number of carbonyl (C=O) groups is 1. The number of rotatable bonds is 8. The molecule has 0 spiro atoms. The molecule has 4 aromatic rings. The van der Waals surface area contributed by atoms with Gasteiger partial charge in [0.2, 0.25) is 0 Å². The maximum atomic E-state index is 13.2. The summed E-state index contributed by atoms with van der Waals surface area (Å²) in [4.78, 5) is 27.6. The molecule has 2 N–H and O–H groups in total. The summed E-state index contributed by atoms with van der Waals surface area (Å²) in [6.07, 6.45) is 3.36. The van der Waals surface area contributed by atoms with Crippen LogP contribution in [0.5, 0.6) is 0 Å². The molecule has 0 saturated carbocycles. The van der Waals surface area contributed by atoms with Crippen LogP contribution in [0.4, 0.5) is 17.1 Å². The van der Waals surface area contributed by atoms with Crippen LogP contribution in [0, 0.1) is 10.1 Å². The van der Waals surface area contributed by atoms with Crippen molar-refractivity contribution in [1.29, 1.82) is 0 Å². The second-order valence-corrected chi connectivity index (χ2v) is 9.84. The molecule has 1 aliphatic rings. The largest absolute Gasteiger partial charge is 0.378 e. The first-order valence-electron chi connectivity index (χ1n) is 13.1. The first-order chi connectivity index (χ1) is 19.4. The Kier molecular flexibility index (Phi) is 8.27. The van der Waals surface area contributed by atoms with E-state index in [2.05, 4.69) is 39.9 Å². The summed E-state index contributed by atoms with van der Waals surface area (Å²) < 4.78 is 5.40. The summed E-state index contributed by atoms with van der Waals surface area (Å²) in [5.74, 6) is -0.544. The Hall–Kier alpha value is -4.42. The van der Waals surface area contributed by atoms with Gasteiger partial charge in [-0.3, -0.25) is 20.2 Å². The van der Waals surface area contributed by atoms with Crippen LogP contribution >= 0.6 is 12.2 Å². The molecule has 0 atom stereocenters. The first kappa shape index (κ1) is 27.2. The van der Waals surface area contributed by atoms with Crippen molar-refractivity contribution in [3.63, 3.8) is 0 Å². The monoisotopic (exact) mass is 559 g/mol. The van der Waals surface area contributed by atoms with Crippen LogP contribution in [0.15, 0.2) is 60.7 Å². The van der Waals surface area contributed by atoms with Gasteiger partial charge in [0.1, 0.15) is 11.0 Å². The number of aromatic nitrogens is 3. The number of nitro benzene ring substituents is 1. The Morgan fingerprint density at radius 2 is 1.80 bits per heavy atom. The Morgan fingerprint density at radius 3 is 2.52 bits per heavy atom. The van der Waals surface area contributed by atoms with Crippen LogP contribution in [0.1, 0.15) is 35.7 Å². The van der Waals surface area contributed by atoms with Gasteiger partial charge in [-0.2, -0.15) is 4.80 Å². The van der Waals surface area contributed by atoms with E-state index in [1.54, 1.807) is 23.0 Å². The molecule has 12 heteroatoms. The molecule has 1 aliphatic heterocycles. The van der Waals surface area contributed by atoms with E-state index in [1.807, 2.05) is 23.1 Å². The molecule has 40 heavy (non-hydrogen) atoms. The minimum Gasteiger partial charge on any atom is -0.378 e. The number of ether oxygens (including phenoxy) is 1. The third kappa shape index (κ3) is 6.24. The molecule has 3 aromatic carbocycles.